The molecule has 0 spiro atoms. The molecule has 5 heteroatoms. The van der Waals surface area contributed by atoms with E-state index in [0.717, 1.165) is 23.4 Å². The van der Waals surface area contributed by atoms with Crippen LogP contribution in [0.25, 0.3) is 0 Å². The number of nitrogens with zero attached hydrogens (tertiary/aromatic N) is 3. The van der Waals surface area contributed by atoms with Crippen LogP contribution in [0.4, 0.5) is 10.1 Å². The molecule has 90 valence electrons. The third-order valence-corrected chi connectivity index (χ3v) is 2.48. The van der Waals surface area contributed by atoms with Gasteiger partial charge >= 0.3 is 0 Å². The van der Waals surface area contributed by atoms with Crippen molar-refractivity contribution < 1.29 is 4.39 Å². The predicted molar refractivity (Wildman–Crippen MR) is 64.1 cm³/mol. The SMILES string of the molecule is CCc1nn(C)cc1NCc1cncc(F)c1. The van der Waals surface area contributed by atoms with Gasteiger partial charge in [-0.3, -0.25) is 9.67 Å². The van der Waals surface area contributed by atoms with Gasteiger partial charge in [0.15, 0.2) is 0 Å². The minimum atomic E-state index is -0.314. The maximum atomic E-state index is 12.9. The lowest BCUT2D eigenvalue weighted by atomic mass is 10.2. The zero-order valence-electron chi connectivity index (χ0n) is 9.94. The molecular weight excluding hydrogens is 219 g/mol. The molecule has 2 aromatic rings. The second kappa shape index (κ2) is 4.95. The molecule has 17 heavy (non-hydrogen) atoms. The van der Waals surface area contributed by atoms with Gasteiger partial charge in [0.1, 0.15) is 5.82 Å². The molecular formula is C12H15FN4. The molecule has 4 nitrogen and oxygen atoms in total. The van der Waals surface area contributed by atoms with Gasteiger partial charge in [0, 0.05) is 26.0 Å². The topological polar surface area (TPSA) is 42.7 Å². The largest absolute Gasteiger partial charge is 0.378 e. The van der Waals surface area contributed by atoms with Gasteiger partial charge in [-0.15, -0.1) is 0 Å². The highest BCUT2D eigenvalue weighted by atomic mass is 19.1. The number of hydrogen-bond donors (Lipinski definition) is 1. The Morgan fingerprint density at radius 3 is 2.94 bits per heavy atom. The average Bonchev–Trinajstić information content (AvgIpc) is 2.67. The summed E-state index contributed by atoms with van der Waals surface area (Å²) < 4.78 is 14.7. The molecule has 0 bridgehead atoms. The number of halogens is 1. The smallest absolute Gasteiger partial charge is 0.141 e. The molecule has 0 saturated carbocycles. The molecule has 0 atom stereocenters. The Morgan fingerprint density at radius 1 is 1.41 bits per heavy atom. The first kappa shape index (κ1) is 11.6. The number of aryl methyl sites for hydroxylation is 2. The molecule has 0 aliphatic heterocycles. The van der Waals surface area contributed by atoms with E-state index in [1.807, 2.05) is 13.2 Å². The molecule has 2 aromatic heterocycles. The molecule has 0 saturated heterocycles. The number of rotatable bonds is 4. The van der Waals surface area contributed by atoms with Crippen molar-refractivity contribution in [3.63, 3.8) is 0 Å². The van der Waals surface area contributed by atoms with E-state index in [9.17, 15) is 4.39 Å². The van der Waals surface area contributed by atoms with E-state index in [4.69, 9.17) is 0 Å². The van der Waals surface area contributed by atoms with Gasteiger partial charge in [0.25, 0.3) is 0 Å². The minimum Gasteiger partial charge on any atom is -0.378 e. The van der Waals surface area contributed by atoms with Gasteiger partial charge in [0.2, 0.25) is 0 Å². The first-order chi connectivity index (χ1) is 8.19. The van der Waals surface area contributed by atoms with Gasteiger partial charge in [0.05, 0.1) is 17.6 Å². The van der Waals surface area contributed by atoms with E-state index < -0.39 is 0 Å². The Labute approximate surface area is 99.5 Å². The molecule has 2 heterocycles. The standard InChI is InChI=1S/C12H15FN4/c1-3-11-12(8-17(2)16-11)15-6-9-4-10(13)7-14-5-9/h4-5,7-8,15H,3,6H2,1-2H3. The van der Waals surface area contributed by atoms with Gasteiger partial charge in [-0.25, -0.2) is 4.39 Å². The summed E-state index contributed by atoms with van der Waals surface area (Å²) in [6.07, 6.45) is 5.64. The lowest BCUT2D eigenvalue weighted by molar-refractivity contribution is 0.619. The Kier molecular flexibility index (Phi) is 3.37. The first-order valence-corrected chi connectivity index (χ1v) is 5.55. The monoisotopic (exact) mass is 234 g/mol. The molecule has 0 unspecified atom stereocenters. The van der Waals surface area contributed by atoms with Crippen molar-refractivity contribution >= 4 is 5.69 Å². The summed E-state index contributed by atoms with van der Waals surface area (Å²) >= 11 is 0. The van der Waals surface area contributed by atoms with Crippen LogP contribution in [0.3, 0.4) is 0 Å². The Balaban J connectivity index is 2.06. The van der Waals surface area contributed by atoms with E-state index in [1.54, 1.807) is 10.9 Å². The van der Waals surface area contributed by atoms with E-state index >= 15 is 0 Å². The zero-order valence-corrected chi connectivity index (χ0v) is 9.94. The van der Waals surface area contributed by atoms with E-state index in [1.165, 1.54) is 12.3 Å². The second-order valence-corrected chi connectivity index (χ2v) is 3.88. The van der Waals surface area contributed by atoms with Crippen LogP contribution in [0.5, 0.6) is 0 Å². The summed E-state index contributed by atoms with van der Waals surface area (Å²) in [7, 11) is 1.88. The highest BCUT2D eigenvalue weighted by Crippen LogP contribution is 2.14. The summed E-state index contributed by atoms with van der Waals surface area (Å²) in [6.45, 7) is 2.60. The third-order valence-electron chi connectivity index (χ3n) is 2.48. The summed E-state index contributed by atoms with van der Waals surface area (Å²) in [4.78, 5) is 3.81. The van der Waals surface area contributed by atoms with Crippen molar-refractivity contribution in [1.82, 2.24) is 14.8 Å². The van der Waals surface area contributed by atoms with Gasteiger partial charge in [-0.2, -0.15) is 5.10 Å². The van der Waals surface area contributed by atoms with Crippen LogP contribution in [0, 0.1) is 5.82 Å². The lowest BCUT2D eigenvalue weighted by Gasteiger charge is -2.05. The van der Waals surface area contributed by atoms with Crippen LogP contribution in [0.2, 0.25) is 0 Å². The van der Waals surface area contributed by atoms with Crippen LogP contribution in [0.1, 0.15) is 18.2 Å². The Morgan fingerprint density at radius 2 is 2.24 bits per heavy atom. The average molecular weight is 234 g/mol. The quantitative estimate of drug-likeness (QED) is 0.881. The molecule has 0 aromatic carbocycles. The highest BCUT2D eigenvalue weighted by Gasteiger charge is 2.05. The molecule has 0 aliphatic carbocycles. The number of pyridine rings is 1. The summed E-state index contributed by atoms with van der Waals surface area (Å²) in [5.74, 6) is -0.314. The molecule has 0 fully saturated rings. The van der Waals surface area contributed by atoms with E-state index in [-0.39, 0.29) is 5.82 Å². The fraction of sp³-hybridized carbons (Fsp3) is 0.333. The highest BCUT2D eigenvalue weighted by molar-refractivity contribution is 5.46. The van der Waals surface area contributed by atoms with Crippen molar-refractivity contribution in [2.75, 3.05) is 5.32 Å². The van der Waals surface area contributed by atoms with E-state index in [0.29, 0.717) is 6.54 Å². The molecule has 0 aliphatic rings. The van der Waals surface area contributed by atoms with Gasteiger partial charge in [-0.05, 0) is 18.1 Å². The molecule has 0 radical (unpaired) electrons. The lowest BCUT2D eigenvalue weighted by Crippen LogP contribution is -2.01. The number of anilines is 1. The predicted octanol–water partition coefficient (Wildman–Crippen LogP) is 2.13. The van der Waals surface area contributed by atoms with E-state index in [2.05, 4.69) is 22.3 Å². The Hall–Kier alpha value is -1.91. The van der Waals surface area contributed by atoms with Crippen LogP contribution in [-0.4, -0.2) is 14.8 Å². The van der Waals surface area contributed by atoms with Crippen LogP contribution in [0.15, 0.2) is 24.7 Å². The van der Waals surface area contributed by atoms with Crippen molar-refractivity contribution in [2.45, 2.75) is 19.9 Å². The van der Waals surface area contributed by atoms with Crippen molar-refractivity contribution in [3.8, 4) is 0 Å². The molecule has 0 amide bonds. The second-order valence-electron chi connectivity index (χ2n) is 3.88. The normalized spacial score (nSPS) is 10.5. The number of hydrogen-bond acceptors (Lipinski definition) is 3. The first-order valence-electron chi connectivity index (χ1n) is 5.55. The summed E-state index contributed by atoms with van der Waals surface area (Å²) in [6, 6.07) is 1.47. The van der Waals surface area contributed by atoms with Crippen molar-refractivity contribution in [1.29, 1.82) is 0 Å². The molecule has 2 rings (SSSR count). The molecule has 1 N–H and O–H groups in total. The summed E-state index contributed by atoms with van der Waals surface area (Å²) in [5.41, 5.74) is 2.81. The van der Waals surface area contributed by atoms with Crippen molar-refractivity contribution in [2.24, 2.45) is 7.05 Å². The van der Waals surface area contributed by atoms with Crippen LogP contribution >= 0.6 is 0 Å². The fourth-order valence-corrected chi connectivity index (χ4v) is 1.69. The third kappa shape index (κ3) is 2.81. The summed E-state index contributed by atoms with van der Waals surface area (Å²) in [5, 5.41) is 7.56. The van der Waals surface area contributed by atoms with Gasteiger partial charge < -0.3 is 5.32 Å². The van der Waals surface area contributed by atoms with Gasteiger partial charge in [-0.1, -0.05) is 6.92 Å². The number of aromatic nitrogens is 3. The zero-order chi connectivity index (χ0) is 12.3. The van der Waals surface area contributed by atoms with Crippen LogP contribution in [-0.2, 0) is 20.0 Å². The Bertz CT molecular complexity index is 507. The fourth-order valence-electron chi connectivity index (χ4n) is 1.69. The van der Waals surface area contributed by atoms with Crippen LogP contribution < -0.4 is 5.32 Å². The number of nitrogens with one attached hydrogen (secondary N) is 1. The van der Waals surface area contributed by atoms with Crippen molar-refractivity contribution in [3.05, 3.63) is 41.7 Å². The maximum Gasteiger partial charge on any atom is 0.141 e. The maximum absolute atomic E-state index is 12.9. The minimum absolute atomic E-state index is 0.314.